The molecule has 0 spiro atoms. The summed E-state index contributed by atoms with van der Waals surface area (Å²) in [5.74, 6) is 0.0973. The molecule has 0 aliphatic carbocycles. The lowest BCUT2D eigenvalue weighted by molar-refractivity contribution is -0.123. The van der Waals surface area contributed by atoms with Crippen LogP contribution in [-0.2, 0) is 4.79 Å². The van der Waals surface area contributed by atoms with Gasteiger partial charge in [-0.1, -0.05) is 47.5 Å². The Kier molecular flexibility index (Phi) is 6.11. The van der Waals surface area contributed by atoms with Crippen LogP contribution >= 0.6 is 23.2 Å². The Morgan fingerprint density at radius 1 is 1.22 bits per heavy atom. The quantitative estimate of drug-likeness (QED) is 0.500. The Balaban J connectivity index is 1.61. The van der Waals surface area contributed by atoms with Crippen LogP contribution in [0.3, 0.4) is 0 Å². The molecule has 2 aromatic carbocycles. The first kappa shape index (κ1) is 18.9. The van der Waals surface area contributed by atoms with Gasteiger partial charge in [-0.05, 0) is 37.3 Å². The number of carbonyl (C=O) groups excluding carboxylic acids is 1. The topological polar surface area (TPSA) is 68.5 Å². The van der Waals surface area contributed by atoms with Crippen LogP contribution in [0.25, 0.3) is 5.69 Å². The molecular weight excluding hydrogens is 387 g/mol. The molecule has 0 aliphatic heterocycles. The Labute approximate surface area is 166 Å². The molecule has 0 aliphatic rings. The van der Waals surface area contributed by atoms with Crippen LogP contribution < -0.4 is 10.2 Å². The molecule has 0 radical (unpaired) electrons. The Morgan fingerprint density at radius 2 is 2.00 bits per heavy atom. The number of nitrogens with zero attached hydrogens (tertiary/aromatic N) is 3. The molecule has 1 amide bonds. The fraction of sp³-hybridized carbons (Fsp3) is 0.105. The minimum Gasteiger partial charge on any atom is -0.484 e. The summed E-state index contributed by atoms with van der Waals surface area (Å²) in [5.41, 5.74) is 4.55. The average Bonchev–Trinajstić information content (AvgIpc) is 2.95. The number of para-hydroxylation sites is 1. The van der Waals surface area contributed by atoms with Gasteiger partial charge in [0.05, 0.1) is 23.2 Å². The van der Waals surface area contributed by atoms with E-state index in [9.17, 15) is 4.79 Å². The van der Waals surface area contributed by atoms with Gasteiger partial charge in [0.15, 0.2) is 6.61 Å². The van der Waals surface area contributed by atoms with Crippen molar-refractivity contribution in [3.8, 4) is 11.4 Å². The molecule has 0 saturated heterocycles. The van der Waals surface area contributed by atoms with E-state index in [1.54, 1.807) is 28.9 Å². The van der Waals surface area contributed by atoms with E-state index in [0.29, 0.717) is 27.2 Å². The molecule has 3 aromatic rings. The highest BCUT2D eigenvalue weighted by atomic mass is 35.5. The van der Waals surface area contributed by atoms with Crippen LogP contribution in [0.1, 0.15) is 11.3 Å². The highest BCUT2D eigenvalue weighted by Crippen LogP contribution is 2.21. The molecule has 8 heteroatoms. The molecule has 138 valence electrons. The lowest BCUT2D eigenvalue weighted by Gasteiger charge is -2.05. The number of benzene rings is 2. The summed E-state index contributed by atoms with van der Waals surface area (Å²) in [6, 6.07) is 16.3. The van der Waals surface area contributed by atoms with Crippen molar-refractivity contribution < 1.29 is 9.53 Å². The predicted molar refractivity (Wildman–Crippen MR) is 106 cm³/mol. The van der Waals surface area contributed by atoms with E-state index in [1.807, 2.05) is 37.3 Å². The first-order valence-corrected chi connectivity index (χ1v) is 8.81. The summed E-state index contributed by atoms with van der Waals surface area (Å²) in [6.07, 6.45) is 1.46. The van der Waals surface area contributed by atoms with Crippen molar-refractivity contribution in [3.05, 3.63) is 76.0 Å². The van der Waals surface area contributed by atoms with Gasteiger partial charge in [0.25, 0.3) is 5.91 Å². The zero-order valence-corrected chi connectivity index (χ0v) is 15.9. The minimum atomic E-state index is -0.407. The maximum atomic E-state index is 11.9. The molecule has 6 nitrogen and oxygen atoms in total. The SMILES string of the molecule is Cc1nn(-c2ccccc2)c(Cl)c1C=NNC(=O)COc1cccc(Cl)c1. The molecule has 1 heterocycles. The summed E-state index contributed by atoms with van der Waals surface area (Å²) in [7, 11) is 0. The maximum Gasteiger partial charge on any atom is 0.277 e. The summed E-state index contributed by atoms with van der Waals surface area (Å²) < 4.78 is 6.96. The van der Waals surface area contributed by atoms with Crippen molar-refractivity contribution in [1.29, 1.82) is 0 Å². The number of hydrogen-bond donors (Lipinski definition) is 1. The van der Waals surface area contributed by atoms with Crippen LogP contribution in [0.4, 0.5) is 0 Å². The second-order valence-electron chi connectivity index (χ2n) is 5.58. The van der Waals surface area contributed by atoms with E-state index in [4.69, 9.17) is 27.9 Å². The van der Waals surface area contributed by atoms with Crippen LogP contribution in [0.2, 0.25) is 10.2 Å². The number of hydrogen-bond acceptors (Lipinski definition) is 4. The molecule has 0 saturated carbocycles. The van der Waals surface area contributed by atoms with Gasteiger partial charge in [-0.15, -0.1) is 0 Å². The molecule has 1 aromatic heterocycles. The van der Waals surface area contributed by atoms with Gasteiger partial charge in [0.1, 0.15) is 10.9 Å². The first-order chi connectivity index (χ1) is 13.0. The number of rotatable bonds is 6. The highest BCUT2D eigenvalue weighted by molar-refractivity contribution is 6.32. The standard InChI is InChI=1S/C19H16Cl2N4O2/c1-13-17(19(21)25(24-13)15-7-3-2-4-8-15)11-22-23-18(26)12-27-16-9-5-6-14(20)10-16/h2-11H,12H2,1H3,(H,23,26). The molecule has 27 heavy (non-hydrogen) atoms. The molecular formula is C19H16Cl2N4O2. The fourth-order valence-electron chi connectivity index (χ4n) is 2.30. The summed E-state index contributed by atoms with van der Waals surface area (Å²) >= 11 is 12.3. The first-order valence-electron chi connectivity index (χ1n) is 8.05. The zero-order chi connectivity index (χ0) is 19.2. The van der Waals surface area contributed by atoms with Gasteiger partial charge in [-0.25, -0.2) is 10.1 Å². The lowest BCUT2D eigenvalue weighted by atomic mass is 10.3. The fourth-order valence-corrected chi connectivity index (χ4v) is 2.81. The van der Waals surface area contributed by atoms with Crippen molar-refractivity contribution in [2.45, 2.75) is 6.92 Å². The summed E-state index contributed by atoms with van der Waals surface area (Å²) in [6.45, 7) is 1.63. The normalized spacial score (nSPS) is 10.9. The Bertz CT molecular complexity index is 971. The third-order valence-electron chi connectivity index (χ3n) is 3.60. The summed E-state index contributed by atoms with van der Waals surface area (Å²) in [5, 5.41) is 9.28. The number of ether oxygens (including phenoxy) is 1. The van der Waals surface area contributed by atoms with Gasteiger partial charge in [-0.3, -0.25) is 4.79 Å². The third kappa shape index (κ3) is 4.87. The van der Waals surface area contributed by atoms with Gasteiger partial charge >= 0.3 is 0 Å². The zero-order valence-electron chi connectivity index (χ0n) is 14.4. The van der Waals surface area contributed by atoms with E-state index in [0.717, 1.165) is 5.69 Å². The van der Waals surface area contributed by atoms with E-state index in [1.165, 1.54) is 6.21 Å². The van der Waals surface area contributed by atoms with Gasteiger partial charge in [0.2, 0.25) is 0 Å². The number of amides is 1. The number of hydrazone groups is 1. The van der Waals surface area contributed by atoms with E-state index in [2.05, 4.69) is 15.6 Å². The predicted octanol–water partition coefficient (Wildman–Crippen LogP) is 4.02. The number of nitrogens with one attached hydrogen (secondary N) is 1. The molecule has 0 fully saturated rings. The maximum absolute atomic E-state index is 11.9. The van der Waals surface area contributed by atoms with Crippen molar-refractivity contribution in [1.82, 2.24) is 15.2 Å². The number of aromatic nitrogens is 2. The van der Waals surface area contributed by atoms with E-state index < -0.39 is 5.91 Å². The molecule has 0 bridgehead atoms. The molecule has 0 atom stereocenters. The van der Waals surface area contributed by atoms with Gasteiger partial charge < -0.3 is 4.74 Å². The lowest BCUT2D eigenvalue weighted by Crippen LogP contribution is -2.24. The van der Waals surface area contributed by atoms with Crippen LogP contribution in [0.15, 0.2) is 59.7 Å². The molecule has 0 unspecified atom stereocenters. The number of carbonyl (C=O) groups is 1. The average molecular weight is 403 g/mol. The summed E-state index contributed by atoms with van der Waals surface area (Å²) in [4.78, 5) is 11.9. The highest BCUT2D eigenvalue weighted by Gasteiger charge is 2.13. The van der Waals surface area contributed by atoms with E-state index >= 15 is 0 Å². The van der Waals surface area contributed by atoms with Gasteiger partial charge in [0, 0.05) is 5.02 Å². The van der Waals surface area contributed by atoms with Crippen molar-refractivity contribution in [2.24, 2.45) is 5.10 Å². The largest absolute Gasteiger partial charge is 0.484 e. The molecule has 1 N–H and O–H groups in total. The second kappa shape index (κ2) is 8.70. The minimum absolute atomic E-state index is 0.187. The number of halogens is 2. The monoisotopic (exact) mass is 402 g/mol. The molecule has 3 rings (SSSR count). The second-order valence-corrected chi connectivity index (χ2v) is 6.37. The van der Waals surface area contributed by atoms with Gasteiger partial charge in [-0.2, -0.15) is 10.2 Å². The van der Waals surface area contributed by atoms with E-state index in [-0.39, 0.29) is 6.61 Å². The van der Waals surface area contributed by atoms with Crippen LogP contribution in [0.5, 0.6) is 5.75 Å². The third-order valence-corrected chi connectivity index (χ3v) is 4.20. The van der Waals surface area contributed by atoms with Crippen molar-refractivity contribution >= 4 is 35.3 Å². The van der Waals surface area contributed by atoms with Crippen LogP contribution in [-0.4, -0.2) is 28.5 Å². The Hall–Kier alpha value is -2.83. The van der Waals surface area contributed by atoms with Crippen molar-refractivity contribution in [3.63, 3.8) is 0 Å². The van der Waals surface area contributed by atoms with Crippen molar-refractivity contribution in [2.75, 3.05) is 6.61 Å². The van der Waals surface area contributed by atoms with Crippen LogP contribution in [0, 0.1) is 6.92 Å². The smallest absolute Gasteiger partial charge is 0.277 e. The Morgan fingerprint density at radius 3 is 2.74 bits per heavy atom. The number of aryl methyl sites for hydroxylation is 1.